The van der Waals surface area contributed by atoms with Gasteiger partial charge in [0.1, 0.15) is 5.15 Å². The average Bonchev–Trinajstić information content (AvgIpc) is 2.81. The molecule has 0 radical (unpaired) electrons. The van der Waals surface area contributed by atoms with Crippen LogP contribution in [0.4, 0.5) is 0 Å². The maximum atomic E-state index is 5.92. The molecular weight excluding hydrogens is 264 g/mol. The summed E-state index contributed by atoms with van der Waals surface area (Å²) in [6.45, 7) is 6.32. The van der Waals surface area contributed by atoms with Gasteiger partial charge >= 0.3 is 0 Å². The van der Waals surface area contributed by atoms with E-state index in [-0.39, 0.29) is 0 Å². The van der Waals surface area contributed by atoms with Crippen molar-refractivity contribution >= 4 is 22.9 Å². The molecule has 2 heterocycles. The molecule has 0 unspecified atom stereocenters. The van der Waals surface area contributed by atoms with Crippen molar-refractivity contribution in [1.29, 1.82) is 0 Å². The Morgan fingerprint density at radius 1 is 1.33 bits per heavy atom. The predicted octanol–water partition coefficient (Wildman–Crippen LogP) is 4.21. The largest absolute Gasteiger partial charge is 0.292 e. The third-order valence-electron chi connectivity index (χ3n) is 2.85. The number of pyridine rings is 1. The molecule has 2 nitrogen and oxygen atoms in total. The Morgan fingerprint density at radius 2 is 2.17 bits per heavy atom. The molecule has 18 heavy (non-hydrogen) atoms. The number of halogens is 1. The minimum Gasteiger partial charge on any atom is -0.292 e. The molecule has 4 heteroatoms. The molecule has 0 saturated carbocycles. The zero-order valence-electron chi connectivity index (χ0n) is 10.6. The number of hydrogen-bond donors (Lipinski definition) is 0. The lowest BCUT2D eigenvalue weighted by atomic mass is 10.2. The highest BCUT2D eigenvalue weighted by Gasteiger charge is 2.11. The molecule has 96 valence electrons. The van der Waals surface area contributed by atoms with Crippen molar-refractivity contribution in [3.05, 3.63) is 51.4 Å². The van der Waals surface area contributed by atoms with Crippen LogP contribution < -0.4 is 0 Å². The van der Waals surface area contributed by atoms with Gasteiger partial charge in [0.2, 0.25) is 0 Å². The summed E-state index contributed by atoms with van der Waals surface area (Å²) in [7, 11) is 0. The van der Waals surface area contributed by atoms with Gasteiger partial charge in [0.05, 0.1) is 0 Å². The zero-order valence-corrected chi connectivity index (χ0v) is 12.2. The fourth-order valence-electron chi connectivity index (χ4n) is 1.80. The highest BCUT2D eigenvalue weighted by Crippen LogP contribution is 2.17. The third-order valence-corrected chi connectivity index (χ3v) is 3.91. The first-order valence-corrected chi connectivity index (χ1v) is 7.28. The molecule has 0 saturated heterocycles. The molecule has 0 aromatic carbocycles. The second-order valence-electron chi connectivity index (χ2n) is 4.56. The van der Waals surface area contributed by atoms with Crippen molar-refractivity contribution in [3.8, 4) is 0 Å². The van der Waals surface area contributed by atoms with E-state index in [0.717, 1.165) is 13.1 Å². The summed E-state index contributed by atoms with van der Waals surface area (Å²) in [6.07, 6.45) is 1.77. The molecular formula is C14H17ClN2S. The number of nitrogens with zero attached hydrogens (tertiary/aromatic N) is 2. The van der Waals surface area contributed by atoms with E-state index >= 15 is 0 Å². The van der Waals surface area contributed by atoms with Crippen LogP contribution in [-0.4, -0.2) is 15.9 Å². The standard InChI is InChI=1S/C14H17ClN2S/c1-11(2)17(10-13-4-3-7-18-13)9-12-5-6-16-14(15)8-12/h3-8,11H,9-10H2,1-2H3. The van der Waals surface area contributed by atoms with Gasteiger partial charge in [-0.25, -0.2) is 4.98 Å². The van der Waals surface area contributed by atoms with Gasteiger partial charge in [-0.3, -0.25) is 4.90 Å². The molecule has 2 rings (SSSR count). The van der Waals surface area contributed by atoms with Crippen LogP contribution in [0, 0.1) is 0 Å². The Labute approximate surface area is 117 Å². The quantitative estimate of drug-likeness (QED) is 0.763. The molecule has 0 aliphatic heterocycles. The summed E-state index contributed by atoms with van der Waals surface area (Å²) in [5.74, 6) is 0. The number of aromatic nitrogens is 1. The van der Waals surface area contributed by atoms with Crippen LogP contribution in [0.2, 0.25) is 5.15 Å². The van der Waals surface area contributed by atoms with Crippen molar-refractivity contribution in [2.45, 2.75) is 33.0 Å². The van der Waals surface area contributed by atoms with Crippen LogP contribution in [0.5, 0.6) is 0 Å². The van der Waals surface area contributed by atoms with Gasteiger partial charge in [0.15, 0.2) is 0 Å². The molecule has 0 N–H and O–H groups in total. The number of rotatable bonds is 5. The molecule has 0 aliphatic rings. The van der Waals surface area contributed by atoms with Crippen molar-refractivity contribution in [2.75, 3.05) is 0 Å². The first-order chi connectivity index (χ1) is 8.65. The van der Waals surface area contributed by atoms with E-state index in [2.05, 4.69) is 41.2 Å². The SMILES string of the molecule is CC(C)N(Cc1ccnc(Cl)c1)Cc1cccs1. The van der Waals surface area contributed by atoms with Crippen LogP contribution in [0.1, 0.15) is 24.3 Å². The van der Waals surface area contributed by atoms with Gasteiger partial charge in [-0.15, -0.1) is 11.3 Å². The Bertz CT molecular complexity index is 482. The smallest absolute Gasteiger partial charge is 0.129 e. The summed E-state index contributed by atoms with van der Waals surface area (Å²) >= 11 is 7.73. The maximum Gasteiger partial charge on any atom is 0.129 e. The van der Waals surface area contributed by atoms with Crippen LogP contribution >= 0.6 is 22.9 Å². The summed E-state index contributed by atoms with van der Waals surface area (Å²) < 4.78 is 0. The molecule has 0 bridgehead atoms. The first kappa shape index (κ1) is 13.5. The van der Waals surface area contributed by atoms with Crippen LogP contribution in [0.25, 0.3) is 0 Å². The molecule has 0 aliphatic carbocycles. The van der Waals surface area contributed by atoms with Crippen LogP contribution in [0.3, 0.4) is 0 Å². The molecule has 2 aromatic heterocycles. The molecule has 2 aromatic rings. The van der Waals surface area contributed by atoms with Crippen molar-refractivity contribution in [1.82, 2.24) is 9.88 Å². The van der Waals surface area contributed by atoms with Gasteiger partial charge in [-0.1, -0.05) is 17.7 Å². The highest BCUT2D eigenvalue weighted by atomic mass is 35.5. The minimum atomic E-state index is 0.499. The van der Waals surface area contributed by atoms with Crippen LogP contribution in [0.15, 0.2) is 35.8 Å². The van der Waals surface area contributed by atoms with Gasteiger partial charge in [-0.2, -0.15) is 0 Å². The van der Waals surface area contributed by atoms with Crippen molar-refractivity contribution in [3.63, 3.8) is 0 Å². The Morgan fingerprint density at radius 3 is 2.78 bits per heavy atom. The Hall–Kier alpha value is -0.900. The second-order valence-corrected chi connectivity index (χ2v) is 5.98. The minimum absolute atomic E-state index is 0.499. The Balaban J connectivity index is 2.07. The summed E-state index contributed by atoms with van der Waals surface area (Å²) in [5, 5.41) is 2.68. The summed E-state index contributed by atoms with van der Waals surface area (Å²) in [4.78, 5) is 7.84. The predicted molar refractivity (Wildman–Crippen MR) is 77.9 cm³/mol. The lowest BCUT2D eigenvalue weighted by Crippen LogP contribution is -2.29. The third kappa shape index (κ3) is 3.80. The van der Waals surface area contributed by atoms with Crippen molar-refractivity contribution in [2.24, 2.45) is 0 Å². The monoisotopic (exact) mass is 280 g/mol. The molecule has 0 spiro atoms. The fourth-order valence-corrected chi connectivity index (χ4v) is 2.73. The van der Waals surface area contributed by atoms with Crippen molar-refractivity contribution < 1.29 is 0 Å². The van der Waals surface area contributed by atoms with E-state index in [9.17, 15) is 0 Å². The lowest BCUT2D eigenvalue weighted by Gasteiger charge is -2.26. The Kier molecular flexibility index (Phi) is 4.75. The number of thiophene rings is 1. The normalized spacial score (nSPS) is 11.4. The first-order valence-electron chi connectivity index (χ1n) is 6.02. The summed E-state index contributed by atoms with van der Waals surface area (Å²) in [6, 6.07) is 8.74. The molecule has 0 fully saturated rings. The zero-order chi connectivity index (χ0) is 13.0. The van der Waals surface area contributed by atoms with E-state index in [4.69, 9.17) is 11.6 Å². The number of hydrogen-bond acceptors (Lipinski definition) is 3. The van der Waals surface area contributed by atoms with Gasteiger partial charge < -0.3 is 0 Å². The van der Waals surface area contributed by atoms with E-state index in [1.807, 2.05) is 12.1 Å². The lowest BCUT2D eigenvalue weighted by molar-refractivity contribution is 0.205. The second kappa shape index (κ2) is 6.32. The van der Waals surface area contributed by atoms with E-state index in [1.165, 1.54) is 10.4 Å². The van der Waals surface area contributed by atoms with Gasteiger partial charge in [0, 0.05) is 30.2 Å². The summed E-state index contributed by atoms with van der Waals surface area (Å²) in [5.41, 5.74) is 1.21. The van der Waals surface area contributed by atoms with E-state index < -0.39 is 0 Å². The topological polar surface area (TPSA) is 16.1 Å². The van der Waals surface area contributed by atoms with E-state index in [0.29, 0.717) is 11.2 Å². The van der Waals surface area contributed by atoms with Crippen LogP contribution in [-0.2, 0) is 13.1 Å². The fraction of sp³-hybridized carbons (Fsp3) is 0.357. The highest BCUT2D eigenvalue weighted by molar-refractivity contribution is 7.09. The van der Waals surface area contributed by atoms with Gasteiger partial charge in [-0.05, 0) is 43.0 Å². The average molecular weight is 281 g/mol. The molecule has 0 atom stereocenters. The molecule has 0 amide bonds. The van der Waals surface area contributed by atoms with Gasteiger partial charge in [0.25, 0.3) is 0 Å². The van der Waals surface area contributed by atoms with E-state index in [1.54, 1.807) is 17.5 Å². The maximum absolute atomic E-state index is 5.92.